The van der Waals surface area contributed by atoms with Gasteiger partial charge in [-0.3, -0.25) is 9.78 Å². The fourth-order valence-electron chi connectivity index (χ4n) is 2.98. The Morgan fingerprint density at radius 2 is 2.19 bits per heavy atom. The molecule has 108 valence electrons. The minimum atomic E-state index is -0.263. The van der Waals surface area contributed by atoms with Crippen molar-refractivity contribution in [3.8, 4) is 0 Å². The largest absolute Gasteiger partial charge is 0.324 e. The Kier molecular flexibility index (Phi) is 3.74. The topological polar surface area (TPSA) is 42.0 Å². The molecule has 21 heavy (non-hydrogen) atoms. The van der Waals surface area contributed by atoms with Crippen LogP contribution in [0.15, 0.2) is 48.7 Å². The van der Waals surface area contributed by atoms with Crippen LogP contribution in [0, 0.1) is 5.41 Å². The molecule has 2 aromatic rings. The summed E-state index contributed by atoms with van der Waals surface area (Å²) in [5.41, 5.74) is 1.46. The molecule has 3 rings (SSSR count). The number of benzene rings is 1. The van der Waals surface area contributed by atoms with E-state index in [4.69, 9.17) is 0 Å². The van der Waals surface area contributed by atoms with Gasteiger partial charge in [-0.1, -0.05) is 37.3 Å². The van der Waals surface area contributed by atoms with Gasteiger partial charge in [-0.25, -0.2) is 0 Å². The lowest BCUT2D eigenvalue weighted by Gasteiger charge is -2.32. The fraction of sp³-hybridized carbons (Fsp3) is 0.333. The van der Waals surface area contributed by atoms with Crippen molar-refractivity contribution in [2.45, 2.75) is 32.6 Å². The first-order valence-electron chi connectivity index (χ1n) is 7.55. The van der Waals surface area contributed by atoms with E-state index in [-0.39, 0.29) is 11.3 Å². The van der Waals surface area contributed by atoms with Crippen LogP contribution in [-0.4, -0.2) is 10.9 Å². The third-order valence-electron chi connectivity index (χ3n) is 4.47. The van der Waals surface area contributed by atoms with Gasteiger partial charge >= 0.3 is 0 Å². The number of pyridine rings is 1. The van der Waals surface area contributed by atoms with Crippen LogP contribution in [-0.2, 0) is 4.79 Å². The molecule has 3 nitrogen and oxygen atoms in total. The summed E-state index contributed by atoms with van der Waals surface area (Å²) in [6.45, 7) is 2.09. The van der Waals surface area contributed by atoms with E-state index in [1.54, 1.807) is 6.20 Å². The van der Waals surface area contributed by atoms with E-state index in [0.717, 1.165) is 42.3 Å². The van der Waals surface area contributed by atoms with E-state index in [0.29, 0.717) is 0 Å². The predicted molar refractivity (Wildman–Crippen MR) is 86.1 cm³/mol. The van der Waals surface area contributed by atoms with Crippen molar-refractivity contribution in [3.05, 3.63) is 48.7 Å². The van der Waals surface area contributed by atoms with Crippen LogP contribution in [0.1, 0.15) is 32.6 Å². The number of allylic oxidation sites excluding steroid dienone is 2. The molecule has 0 radical (unpaired) electrons. The van der Waals surface area contributed by atoms with Crippen molar-refractivity contribution in [1.82, 2.24) is 4.98 Å². The van der Waals surface area contributed by atoms with Gasteiger partial charge in [0.1, 0.15) is 0 Å². The Balaban J connectivity index is 1.83. The zero-order valence-electron chi connectivity index (χ0n) is 12.3. The van der Waals surface area contributed by atoms with Crippen LogP contribution < -0.4 is 5.32 Å². The van der Waals surface area contributed by atoms with Crippen molar-refractivity contribution in [3.63, 3.8) is 0 Å². The standard InChI is InChI=1S/C18H20N2O/c1-2-18(10-6-3-7-11-18)17(21)20-15-12-14-8-4-5-9-16(14)19-13-15/h3-6,8-9,12-13H,2,7,10-11H2,1H3,(H,20,21). The van der Waals surface area contributed by atoms with Crippen molar-refractivity contribution in [1.29, 1.82) is 0 Å². The molecule has 0 saturated carbocycles. The molecule has 0 spiro atoms. The summed E-state index contributed by atoms with van der Waals surface area (Å²) in [7, 11) is 0. The van der Waals surface area contributed by atoms with Gasteiger partial charge in [0.05, 0.1) is 22.8 Å². The van der Waals surface area contributed by atoms with E-state index in [1.165, 1.54) is 0 Å². The van der Waals surface area contributed by atoms with Crippen molar-refractivity contribution in [2.24, 2.45) is 5.41 Å². The number of rotatable bonds is 3. The first-order chi connectivity index (χ1) is 10.2. The van der Waals surface area contributed by atoms with Gasteiger partial charge in [0, 0.05) is 5.39 Å². The Morgan fingerprint density at radius 3 is 2.95 bits per heavy atom. The van der Waals surface area contributed by atoms with Gasteiger partial charge in [-0.2, -0.15) is 0 Å². The fourth-order valence-corrected chi connectivity index (χ4v) is 2.98. The highest BCUT2D eigenvalue weighted by Crippen LogP contribution is 2.37. The second-order valence-electron chi connectivity index (χ2n) is 5.72. The van der Waals surface area contributed by atoms with E-state index >= 15 is 0 Å². The maximum absolute atomic E-state index is 12.7. The number of anilines is 1. The highest BCUT2D eigenvalue weighted by Gasteiger charge is 2.36. The third kappa shape index (κ3) is 2.68. The molecule has 0 bridgehead atoms. The van der Waals surface area contributed by atoms with E-state index < -0.39 is 0 Å². The summed E-state index contributed by atoms with van der Waals surface area (Å²) in [6, 6.07) is 9.92. The zero-order chi connectivity index (χ0) is 14.7. The minimum Gasteiger partial charge on any atom is -0.324 e. The summed E-state index contributed by atoms with van der Waals surface area (Å²) in [5, 5.41) is 4.11. The van der Waals surface area contributed by atoms with Crippen LogP contribution in [0.2, 0.25) is 0 Å². The average Bonchev–Trinajstić information content (AvgIpc) is 2.55. The number of carbonyl (C=O) groups excluding carboxylic acids is 1. The van der Waals surface area contributed by atoms with Crippen molar-refractivity contribution in [2.75, 3.05) is 5.32 Å². The summed E-state index contributed by atoms with van der Waals surface area (Å²) < 4.78 is 0. The summed E-state index contributed by atoms with van der Waals surface area (Å²) >= 11 is 0. The van der Waals surface area contributed by atoms with Crippen LogP contribution in [0.25, 0.3) is 10.9 Å². The highest BCUT2D eigenvalue weighted by atomic mass is 16.2. The molecule has 1 aromatic heterocycles. The lowest BCUT2D eigenvalue weighted by molar-refractivity contribution is -0.126. The van der Waals surface area contributed by atoms with E-state index in [9.17, 15) is 4.79 Å². The number of nitrogens with one attached hydrogen (secondary N) is 1. The molecule has 1 heterocycles. The smallest absolute Gasteiger partial charge is 0.230 e. The number of fused-ring (bicyclic) bond motifs is 1. The van der Waals surface area contributed by atoms with Crippen LogP contribution in [0.5, 0.6) is 0 Å². The average molecular weight is 280 g/mol. The third-order valence-corrected chi connectivity index (χ3v) is 4.47. The first-order valence-corrected chi connectivity index (χ1v) is 7.55. The number of amides is 1. The quantitative estimate of drug-likeness (QED) is 0.851. The molecule has 0 aliphatic heterocycles. The molecule has 1 amide bonds. The maximum Gasteiger partial charge on any atom is 0.230 e. The monoisotopic (exact) mass is 280 g/mol. The number of para-hydroxylation sites is 1. The van der Waals surface area contributed by atoms with Gasteiger partial charge < -0.3 is 5.32 Å². The Bertz CT molecular complexity index is 692. The molecule has 3 heteroatoms. The summed E-state index contributed by atoms with van der Waals surface area (Å²) in [6.07, 6.45) is 9.64. The predicted octanol–water partition coefficient (Wildman–Crippen LogP) is 4.31. The lowest BCUT2D eigenvalue weighted by Crippen LogP contribution is -2.36. The number of carbonyl (C=O) groups is 1. The van der Waals surface area contributed by atoms with E-state index in [1.807, 2.05) is 30.3 Å². The molecular formula is C18H20N2O. The van der Waals surface area contributed by atoms with Gasteiger partial charge in [-0.15, -0.1) is 0 Å². The molecule has 1 aliphatic rings. The molecular weight excluding hydrogens is 260 g/mol. The normalized spacial score (nSPS) is 21.4. The Morgan fingerprint density at radius 1 is 1.33 bits per heavy atom. The first kappa shape index (κ1) is 13.8. The molecule has 1 atom stereocenters. The SMILES string of the molecule is CCC1(C(=O)Nc2cnc3ccccc3c2)CC=CCC1. The summed E-state index contributed by atoms with van der Waals surface area (Å²) in [4.78, 5) is 17.1. The van der Waals surface area contributed by atoms with Crippen LogP contribution in [0.3, 0.4) is 0 Å². The van der Waals surface area contributed by atoms with Gasteiger partial charge in [0.25, 0.3) is 0 Å². The van der Waals surface area contributed by atoms with Crippen LogP contribution >= 0.6 is 0 Å². The number of aromatic nitrogens is 1. The van der Waals surface area contributed by atoms with Gasteiger partial charge in [0.15, 0.2) is 0 Å². The summed E-state index contributed by atoms with van der Waals surface area (Å²) in [5.74, 6) is 0.117. The lowest BCUT2D eigenvalue weighted by atomic mass is 9.74. The highest BCUT2D eigenvalue weighted by molar-refractivity contribution is 5.97. The second-order valence-corrected chi connectivity index (χ2v) is 5.72. The minimum absolute atomic E-state index is 0.117. The molecule has 0 fully saturated rings. The van der Waals surface area contributed by atoms with Crippen molar-refractivity contribution < 1.29 is 4.79 Å². The molecule has 0 saturated heterocycles. The molecule has 1 aromatic carbocycles. The Labute approximate surface area is 125 Å². The van der Waals surface area contributed by atoms with Crippen molar-refractivity contribution >= 4 is 22.5 Å². The molecule has 1 aliphatic carbocycles. The maximum atomic E-state index is 12.7. The van der Waals surface area contributed by atoms with Gasteiger partial charge in [-0.05, 0) is 37.8 Å². The number of hydrogen-bond donors (Lipinski definition) is 1. The zero-order valence-corrected chi connectivity index (χ0v) is 12.3. The molecule has 1 N–H and O–H groups in total. The second kappa shape index (κ2) is 5.68. The molecule has 1 unspecified atom stereocenters. The Hall–Kier alpha value is -2.16. The van der Waals surface area contributed by atoms with Crippen LogP contribution in [0.4, 0.5) is 5.69 Å². The number of nitrogens with zero attached hydrogens (tertiary/aromatic N) is 1. The van der Waals surface area contributed by atoms with Gasteiger partial charge in [0.2, 0.25) is 5.91 Å². The number of hydrogen-bond acceptors (Lipinski definition) is 2. The van der Waals surface area contributed by atoms with E-state index in [2.05, 4.69) is 29.4 Å².